The van der Waals surface area contributed by atoms with Gasteiger partial charge < -0.3 is 9.47 Å². The second kappa shape index (κ2) is 8.94. The number of methoxy groups -OCH3 is 1. The lowest BCUT2D eigenvalue weighted by Crippen LogP contribution is -2.11. The van der Waals surface area contributed by atoms with E-state index in [1.165, 1.54) is 30.3 Å². The smallest absolute Gasteiger partial charge is 0.296 e. The quantitative estimate of drug-likeness (QED) is 0.503. The molecule has 0 saturated heterocycles. The van der Waals surface area contributed by atoms with Gasteiger partial charge in [0.05, 0.1) is 18.1 Å². The fraction of sp³-hybridized carbons (Fsp3) is 0.333. The van der Waals surface area contributed by atoms with E-state index in [4.69, 9.17) is 13.7 Å². The number of halogens is 1. The number of aryl methyl sites for hydroxylation is 1. The Balaban J connectivity index is 2.00. The first-order chi connectivity index (χ1) is 11.9. The highest BCUT2D eigenvalue weighted by molar-refractivity contribution is 7.86. The summed E-state index contributed by atoms with van der Waals surface area (Å²) in [5.74, 6) is 0.0604. The molecular weight excluding hydrogens is 347 g/mol. The fourth-order valence-corrected chi connectivity index (χ4v) is 3.06. The van der Waals surface area contributed by atoms with E-state index in [1.807, 2.05) is 6.92 Å². The molecule has 0 heterocycles. The number of rotatable bonds is 9. The Kier molecular flexibility index (Phi) is 6.92. The molecule has 25 heavy (non-hydrogen) atoms. The first-order valence-electron chi connectivity index (χ1n) is 7.78. The van der Waals surface area contributed by atoms with E-state index in [-0.39, 0.29) is 17.9 Å². The van der Waals surface area contributed by atoms with Crippen LogP contribution in [0.15, 0.2) is 47.4 Å². The minimum absolute atomic E-state index is 0.0916. The molecule has 2 aromatic carbocycles. The summed E-state index contributed by atoms with van der Waals surface area (Å²) in [6.45, 7) is 2.47. The fourth-order valence-electron chi connectivity index (χ4n) is 2.15. The summed E-state index contributed by atoms with van der Waals surface area (Å²) in [5, 5.41) is 0. The van der Waals surface area contributed by atoms with Crippen molar-refractivity contribution in [3.8, 4) is 5.75 Å². The van der Waals surface area contributed by atoms with Gasteiger partial charge in [0.1, 0.15) is 18.2 Å². The van der Waals surface area contributed by atoms with Gasteiger partial charge in [0.15, 0.2) is 0 Å². The van der Waals surface area contributed by atoms with E-state index in [9.17, 15) is 12.8 Å². The first kappa shape index (κ1) is 19.4. The Morgan fingerprint density at radius 3 is 2.40 bits per heavy atom. The standard InChI is InChI=1S/C18H21FO5S/c1-14-3-6-17(7-4-14)25(20,21)24-10-9-15-13-16(19)5-8-18(15)23-12-11-22-2/h3-8,13H,9-12H2,1-2H3. The van der Waals surface area contributed by atoms with Crippen LogP contribution < -0.4 is 4.74 Å². The van der Waals surface area contributed by atoms with Gasteiger partial charge in [-0.05, 0) is 42.8 Å². The summed E-state index contributed by atoms with van der Waals surface area (Å²) in [4.78, 5) is 0.0916. The first-order valence-corrected chi connectivity index (χ1v) is 9.19. The van der Waals surface area contributed by atoms with Crippen LogP contribution in [-0.2, 0) is 25.5 Å². The zero-order chi connectivity index (χ0) is 18.3. The van der Waals surface area contributed by atoms with Crippen molar-refractivity contribution in [2.45, 2.75) is 18.2 Å². The van der Waals surface area contributed by atoms with Crippen molar-refractivity contribution in [1.29, 1.82) is 0 Å². The van der Waals surface area contributed by atoms with Gasteiger partial charge in [0, 0.05) is 13.5 Å². The van der Waals surface area contributed by atoms with Crippen LogP contribution in [0.1, 0.15) is 11.1 Å². The second-order valence-electron chi connectivity index (χ2n) is 5.43. The summed E-state index contributed by atoms with van der Waals surface area (Å²) in [5.41, 5.74) is 1.49. The molecule has 0 aliphatic rings. The van der Waals surface area contributed by atoms with E-state index < -0.39 is 15.9 Å². The van der Waals surface area contributed by atoms with E-state index in [0.717, 1.165) is 5.56 Å². The third-order valence-electron chi connectivity index (χ3n) is 3.49. The number of hydrogen-bond donors (Lipinski definition) is 0. The zero-order valence-corrected chi connectivity index (χ0v) is 15.0. The van der Waals surface area contributed by atoms with Crippen LogP contribution >= 0.6 is 0 Å². The van der Waals surface area contributed by atoms with Gasteiger partial charge in [-0.3, -0.25) is 4.18 Å². The number of hydrogen-bond acceptors (Lipinski definition) is 5. The second-order valence-corrected chi connectivity index (χ2v) is 7.05. The molecule has 0 amide bonds. The van der Waals surface area contributed by atoms with Crippen LogP contribution in [0.25, 0.3) is 0 Å². The van der Waals surface area contributed by atoms with E-state index >= 15 is 0 Å². The average molecular weight is 368 g/mol. The van der Waals surface area contributed by atoms with Crippen molar-refractivity contribution in [3.63, 3.8) is 0 Å². The molecule has 5 nitrogen and oxygen atoms in total. The summed E-state index contributed by atoms with van der Waals surface area (Å²) >= 11 is 0. The van der Waals surface area contributed by atoms with Crippen molar-refractivity contribution >= 4 is 10.1 Å². The third kappa shape index (κ3) is 5.81. The van der Waals surface area contributed by atoms with Crippen molar-refractivity contribution in [3.05, 3.63) is 59.4 Å². The van der Waals surface area contributed by atoms with E-state index in [0.29, 0.717) is 24.5 Å². The Bertz CT molecular complexity index is 788. The summed E-state index contributed by atoms with van der Waals surface area (Å²) in [7, 11) is -2.29. The lowest BCUT2D eigenvalue weighted by molar-refractivity contribution is 0.145. The van der Waals surface area contributed by atoms with Crippen molar-refractivity contribution in [2.75, 3.05) is 26.9 Å². The Morgan fingerprint density at radius 2 is 1.72 bits per heavy atom. The molecule has 2 rings (SSSR count). The predicted molar refractivity (Wildman–Crippen MR) is 91.8 cm³/mol. The molecule has 7 heteroatoms. The molecule has 0 fully saturated rings. The summed E-state index contributed by atoms with van der Waals surface area (Å²) < 4.78 is 53.2. The van der Waals surface area contributed by atoms with Gasteiger partial charge in [-0.15, -0.1) is 0 Å². The molecule has 0 bridgehead atoms. The van der Waals surface area contributed by atoms with Gasteiger partial charge in [0.2, 0.25) is 0 Å². The monoisotopic (exact) mass is 368 g/mol. The highest BCUT2D eigenvalue weighted by atomic mass is 32.2. The molecule has 136 valence electrons. The molecule has 0 atom stereocenters. The molecule has 0 aliphatic carbocycles. The van der Waals surface area contributed by atoms with Gasteiger partial charge >= 0.3 is 0 Å². The lowest BCUT2D eigenvalue weighted by Gasteiger charge is -2.12. The maximum atomic E-state index is 13.5. The topological polar surface area (TPSA) is 61.8 Å². The number of ether oxygens (including phenoxy) is 2. The highest BCUT2D eigenvalue weighted by Gasteiger charge is 2.15. The maximum absolute atomic E-state index is 13.5. The number of benzene rings is 2. The van der Waals surface area contributed by atoms with Crippen LogP contribution in [0.2, 0.25) is 0 Å². The molecule has 0 aromatic heterocycles. The minimum atomic E-state index is -3.85. The minimum Gasteiger partial charge on any atom is -0.491 e. The van der Waals surface area contributed by atoms with Crippen LogP contribution in [0.5, 0.6) is 5.75 Å². The van der Waals surface area contributed by atoms with Gasteiger partial charge in [0.25, 0.3) is 10.1 Å². The maximum Gasteiger partial charge on any atom is 0.296 e. The largest absolute Gasteiger partial charge is 0.491 e. The Morgan fingerprint density at radius 1 is 1.00 bits per heavy atom. The predicted octanol–water partition coefficient (Wildman–Crippen LogP) is 3.11. The van der Waals surface area contributed by atoms with Gasteiger partial charge in [-0.2, -0.15) is 8.42 Å². The van der Waals surface area contributed by atoms with E-state index in [2.05, 4.69) is 0 Å². The Hall–Kier alpha value is -1.96. The lowest BCUT2D eigenvalue weighted by atomic mass is 10.1. The SMILES string of the molecule is COCCOc1ccc(F)cc1CCOS(=O)(=O)c1ccc(C)cc1. The van der Waals surface area contributed by atoms with Gasteiger partial charge in [-0.1, -0.05) is 17.7 Å². The van der Waals surface area contributed by atoms with E-state index in [1.54, 1.807) is 19.2 Å². The zero-order valence-electron chi connectivity index (χ0n) is 14.2. The van der Waals surface area contributed by atoms with Crippen LogP contribution in [0.3, 0.4) is 0 Å². The normalized spacial score (nSPS) is 11.5. The molecule has 0 spiro atoms. The van der Waals surface area contributed by atoms with Gasteiger partial charge in [-0.25, -0.2) is 4.39 Å². The molecular formula is C18H21FO5S. The van der Waals surface area contributed by atoms with Crippen molar-refractivity contribution in [2.24, 2.45) is 0 Å². The molecule has 0 aliphatic heterocycles. The van der Waals surface area contributed by atoms with Crippen LogP contribution in [0.4, 0.5) is 4.39 Å². The average Bonchev–Trinajstić information content (AvgIpc) is 2.57. The summed E-state index contributed by atoms with van der Waals surface area (Å²) in [6.07, 6.45) is 0.200. The van der Waals surface area contributed by atoms with Crippen LogP contribution in [0, 0.1) is 12.7 Å². The van der Waals surface area contributed by atoms with Crippen LogP contribution in [-0.4, -0.2) is 35.3 Å². The molecule has 2 aromatic rings. The molecule has 0 radical (unpaired) electrons. The molecule has 0 saturated carbocycles. The third-order valence-corrected chi connectivity index (χ3v) is 4.81. The van der Waals surface area contributed by atoms with Crippen molar-refractivity contribution in [1.82, 2.24) is 0 Å². The summed E-state index contributed by atoms with van der Waals surface area (Å²) in [6, 6.07) is 10.5. The molecule has 0 N–H and O–H groups in total. The Labute approximate surface area is 147 Å². The van der Waals surface area contributed by atoms with Crippen molar-refractivity contribution < 1.29 is 26.5 Å². The molecule has 0 unspecified atom stereocenters. The highest BCUT2D eigenvalue weighted by Crippen LogP contribution is 2.21.